The van der Waals surface area contributed by atoms with Gasteiger partial charge in [-0.05, 0) is 24.3 Å². The molecule has 2 N–H and O–H groups in total. The van der Waals surface area contributed by atoms with Crippen molar-refractivity contribution < 1.29 is 9.90 Å². The summed E-state index contributed by atoms with van der Waals surface area (Å²) in [4.78, 5) is 22.8. The summed E-state index contributed by atoms with van der Waals surface area (Å²) < 4.78 is 1.39. The summed E-state index contributed by atoms with van der Waals surface area (Å²) in [5.74, 6) is -1.04. The maximum atomic E-state index is 11.7. The second kappa shape index (κ2) is 4.75. The highest BCUT2D eigenvalue weighted by Crippen LogP contribution is 2.18. The zero-order valence-corrected chi connectivity index (χ0v) is 9.75. The summed E-state index contributed by atoms with van der Waals surface area (Å²) in [6, 6.07) is 9.58. The molecule has 5 heteroatoms. The molecule has 0 radical (unpaired) electrons. The molecule has 0 saturated heterocycles. The molecule has 0 aliphatic heterocycles. The van der Waals surface area contributed by atoms with E-state index in [-0.39, 0.29) is 11.1 Å². The highest BCUT2D eigenvalue weighted by Gasteiger charge is 2.10. The van der Waals surface area contributed by atoms with E-state index in [4.69, 9.17) is 5.11 Å². The normalized spacial score (nSPS) is 10.1. The first-order valence-electron chi connectivity index (χ1n) is 5.36. The first kappa shape index (κ1) is 11.9. The molecular weight excluding hydrogens is 232 g/mol. The van der Waals surface area contributed by atoms with Crippen molar-refractivity contribution in [3.63, 3.8) is 0 Å². The summed E-state index contributed by atoms with van der Waals surface area (Å²) in [7, 11) is 1.65. The number of benzene rings is 1. The number of rotatable bonds is 3. The Kier molecular flexibility index (Phi) is 3.14. The van der Waals surface area contributed by atoms with Crippen LogP contribution in [0.3, 0.4) is 0 Å². The third-order valence-electron chi connectivity index (χ3n) is 2.60. The van der Waals surface area contributed by atoms with Crippen LogP contribution in [-0.4, -0.2) is 22.7 Å². The fraction of sp³-hybridized carbons (Fsp3) is 0.0769. The van der Waals surface area contributed by atoms with Crippen molar-refractivity contribution in [3.05, 3.63) is 58.5 Å². The summed E-state index contributed by atoms with van der Waals surface area (Å²) in [5.41, 5.74) is 0.962. The van der Waals surface area contributed by atoms with E-state index in [1.54, 1.807) is 37.5 Å². The van der Waals surface area contributed by atoms with Gasteiger partial charge in [-0.25, -0.2) is 4.79 Å². The number of aromatic carboxylic acids is 1. The predicted octanol–water partition coefficient (Wildman–Crippen LogP) is 1.58. The highest BCUT2D eigenvalue weighted by molar-refractivity contribution is 5.94. The lowest BCUT2D eigenvalue weighted by Gasteiger charge is -2.09. The number of carbonyl (C=O) groups is 1. The van der Waals surface area contributed by atoms with Crippen LogP contribution in [0.2, 0.25) is 0 Å². The average molecular weight is 244 g/mol. The molecule has 0 amide bonds. The summed E-state index contributed by atoms with van der Waals surface area (Å²) in [6.45, 7) is 0. The smallest absolute Gasteiger partial charge is 0.337 e. The molecule has 0 spiro atoms. The lowest BCUT2D eigenvalue weighted by Crippen LogP contribution is -2.16. The van der Waals surface area contributed by atoms with E-state index >= 15 is 0 Å². The van der Waals surface area contributed by atoms with Gasteiger partial charge in [0.2, 0.25) is 0 Å². The van der Waals surface area contributed by atoms with E-state index in [1.807, 2.05) is 0 Å². The molecule has 0 atom stereocenters. The molecule has 1 heterocycles. The Morgan fingerprint density at radius 2 is 2.06 bits per heavy atom. The van der Waals surface area contributed by atoms with Gasteiger partial charge in [-0.2, -0.15) is 0 Å². The van der Waals surface area contributed by atoms with Crippen LogP contribution in [0.4, 0.5) is 5.69 Å². The van der Waals surface area contributed by atoms with Gasteiger partial charge in [0.15, 0.2) is 0 Å². The Labute approximate surface area is 103 Å². The molecule has 0 aliphatic rings. The van der Waals surface area contributed by atoms with E-state index in [1.165, 1.54) is 16.7 Å². The molecule has 1 aromatic carbocycles. The minimum Gasteiger partial charge on any atom is -0.478 e. The number of carboxylic acid groups (broad SMARTS) is 1. The first-order valence-corrected chi connectivity index (χ1v) is 5.36. The van der Waals surface area contributed by atoms with E-state index in [0.29, 0.717) is 11.4 Å². The Hall–Kier alpha value is -2.56. The van der Waals surface area contributed by atoms with Crippen molar-refractivity contribution in [3.8, 4) is 5.69 Å². The third-order valence-corrected chi connectivity index (χ3v) is 2.60. The van der Waals surface area contributed by atoms with Crippen LogP contribution in [0.15, 0.2) is 47.4 Å². The number of hydrogen-bond donors (Lipinski definition) is 2. The Morgan fingerprint density at radius 1 is 1.28 bits per heavy atom. The van der Waals surface area contributed by atoms with E-state index in [9.17, 15) is 9.59 Å². The fourth-order valence-electron chi connectivity index (χ4n) is 1.72. The standard InChI is InChI=1S/C13H12N2O3/c1-14-11-6-5-9(8-10(11)13(17)18)15-7-3-2-4-12(15)16/h2-8,14H,1H3,(H,17,18). The van der Waals surface area contributed by atoms with Crippen LogP contribution in [0.1, 0.15) is 10.4 Å². The Morgan fingerprint density at radius 3 is 2.67 bits per heavy atom. The van der Waals surface area contributed by atoms with Gasteiger partial charge < -0.3 is 10.4 Å². The Balaban J connectivity index is 2.61. The maximum absolute atomic E-state index is 11.7. The third kappa shape index (κ3) is 2.10. The number of nitrogens with zero attached hydrogens (tertiary/aromatic N) is 1. The summed E-state index contributed by atoms with van der Waals surface area (Å²) >= 11 is 0. The molecule has 0 bridgehead atoms. The minimum atomic E-state index is -1.04. The lowest BCUT2D eigenvalue weighted by atomic mass is 10.1. The maximum Gasteiger partial charge on any atom is 0.337 e. The number of hydrogen-bond acceptors (Lipinski definition) is 3. The fourth-order valence-corrected chi connectivity index (χ4v) is 1.72. The zero-order valence-electron chi connectivity index (χ0n) is 9.75. The molecule has 1 aromatic heterocycles. The van der Waals surface area contributed by atoms with Gasteiger partial charge in [-0.1, -0.05) is 6.07 Å². The molecule has 2 rings (SSSR count). The molecule has 0 unspecified atom stereocenters. The average Bonchev–Trinajstić information content (AvgIpc) is 2.38. The van der Waals surface area contributed by atoms with Gasteiger partial charge in [-0.15, -0.1) is 0 Å². The van der Waals surface area contributed by atoms with Gasteiger partial charge in [0.25, 0.3) is 5.56 Å². The number of pyridine rings is 1. The molecule has 92 valence electrons. The minimum absolute atomic E-state index is 0.130. The van der Waals surface area contributed by atoms with Crippen LogP contribution in [0.5, 0.6) is 0 Å². The molecule has 0 fully saturated rings. The van der Waals surface area contributed by atoms with Crippen molar-refractivity contribution in [1.82, 2.24) is 4.57 Å². The summed E-state index contributed by atoms with van der Waals surface area (Å²) in [5, 5.41) is 11.9. The lowest BCUT2D eigenvalue weighted by molar-refractivity contribution is 0.0698. The van der Waals surface area contributed by atoms with E-state index in [2.05, 4.69) is 5.32 Å². The number of carboxylic acids is 1. The van der Waals surface area contributed by atoms with Crippen molar-refractivity contribution in [2.24, 2.45) is 0 Å². The van der Waals surface area contributed by atoms with Crippen LogP contribution in [0, 0.1) is 0 Å². The zero-order chi connectivity index (χ0) is 13.1. The molecule has 5 nitrogen and oxygen atoms in total. The van der Waals surface area contributed by atoms with E-state index < -0.39 is 5.97 Å². The Bertz CT molecular complexity index is 647. The topological polar surface area (TPSA) is 71.3 Å². The van der Waals surface area contributed by atoms with Crippen molar-refractivity contribution >= 4 is 11.7 Å². The largest absolute Gasteiger partial charge is 0.478 e. The number of aromatic nitrogens is 1. The van der Waals surface area contributed by atoms with Crippen molar-refractivity contribution in [2.75, 3.05) is 12.4 Å². The van der Waals surface area contributed by atoms with Crippen LogP contribution < -0.4 is 10.9 Å². The van der Waals surface area contributed by atoms with Gasteiger partial charge in [0, 0.05) is 30.7 Å². The summed E-state index contributed by atoms with van der Waals surface area (Å²) in [6.07, 6.45) is 1.60. The molecule has 0 aliphatic carbocycles. The van der Waals surface area contributed by atoms with Gasteiger partial charge in [0.1, 0.15) is 0 Å². The van der Waals surface area contributed by atoms with Crippen LogP contribution in [-0.2, 0) is 0 Å². The number of nitrogens with one attached hydrogen (secondary N) is 1. The molecule has 18 heavy (non-hydrogen) atoms. The van der Waals surface area contributed by atoms with Crippen LogP contribution >= 0.6 is 0 Å². The first-order chi connectivity index (χ1) is 8.63. The SMILES string of the molecule is CNc1ccc(-n2ccccc2=O)cc1C(=O)O. The van der Waals surface area contributed by atoms with Crippen molar-refractivity contribution in [1.29, 1.82) is 0 Å². The van der Waals surface area contributed by atoms with Gasteiger partial charge >= 0.3 is 5.97 Å². The van der Waals surface area contributed by atoms with Gasteiger partial charge in [0.05, 0.1) is 5.56 Å². The second-order valence-electron chi connectivity index (χ2n) is 3.69. The molecule has 2 aromatic rings. The monoisotopic (exact) mass is 244 g/mol. The predicted molar refractivity (Wildman–Crippen MR) is 68.5 cm³/mol. The quantitative estimate of drug-likeness (QED) is 0.859. The molecular formula is C13H12N2O3. The number of anilines is 1. The van der Waals surface area contributed by atoms with Crippen LogP contribution in [0.25, 0.3) is 5.69 Å². The van der Waals surface area contributed by atoms with Gasteiger partial charge in [-0.3, -0.25) is 9.36 Å². The highest BCUT2D eigenvalue weighted by atomic mass is 16.4. The molecule has 0 saturated carbocycles. The van der Waals surface area contributed by atoms with E-state index in [0.717, 1.165) is 0 Å². The second-order valence-corrected chi connectivity index (χ2v) is 3.69. The van der Waals surface area contributed by atoms with Crippen molar-refractivity contribution in [2.45, 2.75) is 0 Å².